The molecule has 0 heterocycles. The van der Waals surface area contributed by atoms with Gasteiger partial charge in [-0.25, -0.2) is 0 Å². The summed E-state index contributed by atoms with van der Waals surface area (Å²) in [6.45, 7) is 3.78. The normalized spacial score (nSPS) is 10.5. The van der Waals surface area contributed by atoms with Crippen molar-refractivity contribution < 1.29 is 9.47 Å². The predicted molar refractivity (Wildman–Crippen MR) is 73.9 cm³/mol. The summed E-state index contributed by atoms with van der Waals surface area (Å²) in [7, 11) is 1.66. The van der Waals surface area contributed by atoms with Gasteiger partial charge in [0.15, 0.2) is 0 Å². The maximum absolute atomic E-state index is 5.89. The van der Waals surface area contributed by atoms with E-state index >= 15 is 0 Å². The van der Waals surface area contributed by atoms with Gasteiger partial charge < -0.3 is 15.2 Å². The van der Waals surface area contributed by atoms with E-state index in [4.69, 9.17) is 15.2 Å². The second kappa shape index (κ2) is 8.25. The molecule has 0 saturated carbocycles. The first kappa shape index (κ1) is 14.2. The van der Waals surface area contributed by atoms with E-state index in [2.05, 4.69) is 6.92 Å². The number of rotatable bonds is 8. The Morgan fingerprint density at radius 3 is 2.82 bits per heavy atom. The number of benzene rings is 1. The van der Waals surface area contributed by atoms with E-state index in [-0.39, 0.29) is 0 Å². The monoisotopic (exact) mass is 255 g/mol. The Kier molecular flexibility index (Phi) is 6.89. The third-order valence-corrected chi connectivity index (χ3v) is 3.38. The molecule has 0 bridgehead atoms. The SMILES string of the molecule is CCCCOCCSc1cc(OC)ccc1N. The topological polar surface area (TPSA) is 44.5 Å². The minimum absolute atomic E-state index is 0.765. The van der Waals surface area contributed by atoms with Crippen LogP contribution in [0.5, 0.6) is 5.75 Å². The van der Waals surface area contributed by atoms with Gasteiger partial charge in [0, 0.05) is 22.9 Å². The summed E-state index contributed by atoms with van der Waals surface area (Å²) in [5.41, 5.74) is 6.69. The van der Waals surface area contributed by atoms with Gasteiger partial charge in [0.25, 0.3) is 0 Å². The van der Waals surface area contributed by atoms with Gasteiger partial charge in [0.2, 0.25) is 0 Å². The molecule has 0 radical (unpaired) electrons. The number of nitrogen functional groups attached to an aromatic ring is 1. The van der Waals surface area contributed by atoms with Gasteiger partial charge in [-0.3, -0.25) is 0 Å². The first-order valence-corrected chi connectivity index (χ1v) is 6.90. The lowest BCUT2D eigenvalue weighted by atomic mass is 10.3. The van der Waals surface area contributed by atoms with Crippen molar-refractivity contribution in [1.29, 1.82) is 0 Å². The Morgan fingerprint density at radius 1 is 1.29 bits per heavy atom. The van der Waals surface area contributed by atoms with Crippen molar-refractivity contribution in [3.63, 3.8) is 0 Å². The average Bonchev–Trinajstić information content (AvgIpc) is 2.35. The van der Waals surface area contributed by atoms with Crippen LogP contribution in [-0.2, 0) is 4.74 Å². The minimum atomic E-state index is 0.765. The molecule has 0 aliphatic heterocycles. The lowest BCUT2D eigenvalue weighted by Gasteiger charge is -2.08. The number of unbranched alkanes of at least 4 members (excludes halogenated alkanes) is 1. The van der Waals surface area contributed by atoms with Crippen molar-refractivity contribution in [1.82, 2.24) is 0 Å². The van der Waals surface area contributed by atoms with E-state index in [0.29, 0.717) is 0 Å². The largest absolute Gasteiger partial charge is 0.497 e. The molecule has 0 spiro atoms. The van der Waals surface area contributed by atoms with Gasteiger partial charge >= 0.3 is 0 Å². The average molecular weight is 255 g/mol. The van der Waals surface area contributed by atoms with E-state index < -0.39 is 0 Å². The molecule has 96 valence electrons. The summed E-state index contributed by atoms with van der Waals surface area (Å²) in [6, 6.07) is 5.71. The molecule has 0 amide bonds. The summed E-state index contributed by atoms with van der Waals surface area (Å²) in [5.74, 6) is 1.76. The van der Waals surface area contributed by atoms with E-state index in [1.54, 1.807) is 18.9 Å². The lowest BCUT2D eigenvalue weighted by Crippen LogP contribution is -1.99. The number of hydrogen-bond acceptors (Lipinski definition) is 4. The van der Waals surface area contributed by atoms with Crippen LogP contribution in [0.4, 0.5) is 5.69 Å². The Bertz CT molecular complexity index is 331. The number of methoxy groups -OCH3 is 1. The van der Waals surface area contributed by atoms with Crippen LogP contribution < -0.4 is 10.5 Å². The summed E-state index contributed by atoms with van der Waals surface area (Å²) >= 11 is 1.70. The smallest absolute Gasteiger partial charge is 0.120 e. The number of hydrogen-bond donors (Lipinski definition) is 1. The Morgan fingerprint density at radius 2 is 2.12 bits per heavy atom. The summed E-state index contributed by atoms with van der Waals surface area (Å²) in [6.07, 6.45) is 2.31. The van der Waals surface area contributed by atoms with Gasteiger partial charge in [-0.1, -0.05) is 13.3 Å². The number of nitrogens with two attached hydrogens (primary N) is 1. The van der Waals surface area contributed by atoms with Gasteiger partial charge in [-0.15, -0.1) is 11.8 Å². The highest BCUT2D eigenvalue weighted by Crippen LogP contribution is 2.28. The highest BCUT2D eigenvalue weighted by Gasteiger charge is 2.02. The highest BCUT2D eigenvalue weighted by atomic mass is 32.2. The standard InChI is InChI=1S/C13H21NO2S/c1-3-4-7-16-8-9-17-13-10-11(15-2)5-6-12(13)14/h5-6,10H,3-4,7-9,14H2,1-2H3. The summed E-state index contributed by atoms with van der Waals surface area (Å²) in [5, 5.41) is 0. The molecule has 0 aliphatic carbocycles. The molecule has 2 N–H and O–H groups in total. The molecule has 17 heavy (non-hydrogen) atoms. The second-order valence-corrected chi connectivity index (χ2v) is 4.85. The van der Waals surface area contributed by atoms with Crippen LogP contribution in [0.3, 0.4) is 0 Å². The third-order valence-electron chi connectivity index (χ3n) is 2.35. The van der Waals surface area contributed by atoms with Crippen LogP contribution in [0.2, 0.25) is 0 Å². The van der Waals surface area contributed by atoms with Crippen molar-refractivity contribution >= 4 is 17.4 Å². The van der Waals surface area contributed by atoms with Gasteiger partial charge in [0.1, 0.15) is 5.75 Å². The zero-order valence-electron chi connectivity index (χ0n) is 10.6. The lowest BCUT2D eigenvalue weighted by molar-refractivity contribution is 0.147. The zero-order chi connectivity index (χ0) is 12.5. The Labute approximate surface area is 108 Å². The molecular formula is C13H21NO2S. The molecule has 1 aromatic rings. The third kappa shape index (κ3) is 5.33. The molecule has 0 fully saturated rings. The van der Waals surface area contributed by atoms with Crippen LogP contribution in [0, 0.1) is 0 Å². The first-order chi connectivity index (χ1) is 8.27. The van der Waals surface area contributed by atoms with E-state index in [0.717, 1.165) is 41.7 Å². The van der Waals surface area contributed by atoms with Crippen molar-refractivity contribution in [3.8, 4) is 5.75 Å². The quantitative estimate of drug-likeness (QED) is 0.440. The molecule has 0 unspecified atom stereocenters. The van der Waals surface area contributed by atoms with Crippen molar-refractivity contribution in [3.05, 3.63) is 18.2 Å². The number of anilines is 1. The maximum Gasteiger partial charge on any atom is 0.120 e. The van der Waals surface area contributed by atoms with Crippen molar-refractivity contribution in [2.45, 2.75) is 24.7 Å². The molecule has 1 aromatic carbocycles. The zero-order valence-corrected chi connectivity index (χ0v) is 11.4. The number of thioether (sulfide) groups is 1. The maximum atomic E-state index is 5.89. The van der Waals surface area contributed by atoms with E-state index in [1.807, 2.05) is 18.2 Å². The molecule has 0 aromatic heterocycles. The molecule has 3 nitrogen and oxygen atoms in total. The van der Waals surface area contributed by atoms with Crippen molar-refractivity contribution in [2.75, 3.05) is 31.8 Å². The van der Waals surface area contributed by atoms with E-state index in [9.17, 15) is 0 Å². The Balaban J connectivity index is 2.30. The fourth-order valence-electron chi connectivity index (χ4n) is 1.33. The molecule has 0 atom stereocenters. The van der Waals surface area contributed by atoms with Crippen LogP contribution in [0.1, 0.15) is 19.8 Å². The first-order valence-electron chi connectivity index (χ1n) is 5.92. The molecule has 0 aliphatic rings. The van der Waals surface area contributed by atoms with Crippen molar-refractivity contribution in [2.24, 2.45) is 0 Å². The molecule has 4 heteroatoms. The summed E-state index contributed by atoms with van der Waals surface area (Å²) in [4.78, 5) is 1.06. The van der Waals surface area contributed by atoms with Crippen LogP contribution in [0.25, 0.3) is 0 Å². The van der Waals surface area contributed by atoms with E-state index in [1.165, 1.54) is 6.42 Å². The van der Waals surface area contributed by atoms with Gasteiger partial charge in [-0.2, -0.15) is 0 Å². The fourth-order valence-corrected chi connectivity index (χ4v) is 2.18. The fraction of sp³-hybridized carbons (Fsp3) is 0.538. The molecule has 0 saturated heterocycles. The van der Waals surface area contributed by atoms with Crippen LogP contribution >= 0.6 is 11.8 Å². The van der Waals surface area contributed by atoms with Crippen LogP contribution in [-0.4, -0.2) is 26.1 Å². The Hall–Kier alpha value is -0.870. The van der Waals surface area contributed by atoms with Gasteiger partial charge in [0.05, 0.1) is 13.7 Å². The molecule has 1 rings (SSSR count). The van der Waals surface area contributed by atoms with Gasteiger partial charge in [-0.05, 0) is 24.6 Å². The number of ether oxygens (including phenoxy) is 2. The summed E-state index contributed by atoms with van der Waals surface area (Å²) < 4.78 is 10.7. The predicted octanol–water partition coefficient (Wildman–Crippen LogP) is 3.19. The molecular weight excluding hydrogens is 234 g/mol. The highest BCUT2D eigenvalue weighted by molar-refractivity contribution is 7.99. The second-order valence-electron chi connectivity index (χ2n) is 3.72. The minimum Gasteiger partial charge on any atom is -0.497 e. The van der Waals surface area contributed by atoms with Crippen LogP contribution in [0.15, 0.2) is 23.1 Å².